The van der Waals surface area contributed by atoms with Gasteiger partial charge in [0.15, 0.2) is 6.10 Å². The Morgan fingerprint density at radius 1 is 0.256 bits per heavy atom. The minimum Gasteiger partial charge on any atom is -0.462 e. The van der Waals surface area contributed by atoms with Crippen molar-refractivity contribution >= 4 is 17.9 Å². The maximum Gasteiger partial charge on any atom is 0.306 e. The average molecular weight is 1150 g/mol. The largest absolute Gasteiger partial charge is 0.462 e. The van der Waals surface area contributed by atoms with E-state index < -0.39 is 6.10 Å². The summed E-state index contributed by atoms with van der Waals surface area (Å²) in [6.45, 7) is 6.56. The van der Waals surface area contributed by atoms with Gasteiger partial charge in [0.1, 0.15) is 13.2 Å². The van der Waals surface area contributed by atoms with Crippen molar-refractivity contribution in [3.05, 3.63) is 72.9 Å². The Bertz CT molecular complexity index is 1500. The number of ether oxygens (including phenoxy) is 3. The molecule has 0 aliphatic rings. The van der Waals surface area contributed by atoms with Gasteiger partial charge in [-0.25, -0.2) is 0 Å². The molecule has 6 nitrogen and oxygen atoms in total. The van der Waals surface area contributed by atoms with Gasteiger partial charge in [0, 0.05) is 19.3 Å². The van der Waals surface area contributed by atoms with Crippen LogP contribution in [0.4, 0.5) is 0 Å². The van der Waals surface area contributed by atoms with Gasteiger partial charge in [0.2, 0.25) is 0 Å². The molecule has 0 aliphatic carbocycles. The van der Waals surface area contributed by atoms with Crippen LogP contribution in [0.3, 0.4) is 0 Å². The first kappa shape index (κ1) is 78.8. The summed E-state index contributed by atoms with van der Waals surface area (Å²) in [6.07, 6.45) is 92.4. The average Bonchev–Trinajstić information content (AvgIpc) is 3.47. The number of allylic oxidation sites excluding steroid dienone is 12. The Morgan fingerprint density at radius 2 is 0.476 bits per heavy atom. The molecule has 0 bridgehead atoms. The molecule has 0 radical (unpaired) electrons. The lowest BCUT2D eigenvalue weighted by atomic mass is 10.0. The molecule has 0 aromatic rings. The van der Waals surface area contributed by atoms with E-state index in [2.05, 4.69) is 93.7 Å². The molecular weight excluding hydrogens is 1010 g/mol. The maximum atomic E-state index is 12.9. The van der Waals surface area contributed by atoms with Gasteiger partial charge in [0.05, 0.1) is 0 Å². The van der Waals surface area contributed by atoms with Gasteiger partial charge in [0.25, 0.3) is 0 Å². The van der Waals surface area contributed by atoms with Crippen molar-refractivity contribution in [3.8, 4) is 0 Å². The van der Waals surface area contributed by atoms with E-state index in [0.29, 0.717) is 19.3 Å². The summed E-state index contributed by atoms with van der Waals surface area (Å²) >= 11 is 0. The quantitative estimate of drug-likeness (QED) is 0.0261. The van der Waals surface area contributed by atoms with Crippen molar-refractivity contribution in [3.63, 3.8) is 0 Å². The van der Waals surface area contributed by atoms with Gasteiger partial charge in [-0.2, -0.15) is 0 Å². The Balaban J connectivity index is 4.17. The van der Waals surface area contributed by atoms with E-state index in [1.165, 1.54) is 225 Å². The van der Waals surface area contributed by atoms with Crippen LogP contribution >= 0.6 is 0 Å². The fourth-order valence-electron chi connectivity index (χ4n) is 10.6. The third kappa shape index (κ3) is 67.6. The summed E-state index contributed by atoms with van der Waals surface area (Å²) in [4.78, 5) is 38.3. The van der Waals surface area contributed by atoms with E-state index in [-0.39, 0.29) is 31.1 Å². The second-order valence-corrected chi connectivity index (χ2v) is 24.1. The van der Waals surface area contributed by atoms with Crippen LogP contribution in [0, 0.1) is 0 Å². The van der Waals surface area contributed by atoms with Crippen molar-refractivity contribution in [2.45, 2.75) is 380 Å². The summed E-state index contributed by atoms with van der Waals surface area (Å²) < 4.78 is 16.9. The van der Waals surface area contributed by atoms with Crippen molar-refractivity contribution in [2.24, 2.45) is 0 Å². The molecule has 0 saturated heterocycles. The van der Waals surface area contributed by atoms with E-state index in [4.69, 9.17) is 14.2 Å². The van der Waals surface area contributed by atoms with Gasteiger partial charge < -0.3 is 14.2 Å². The van der Waals surface area contributed by atoms with Crippen LogP contribution in [-0.2, 0) is 28.6 Å². The molecule has 0 aliphatic heterocycles. The number of hydrogen-bond donors (Lipinski definition) is 0. The Labute approximate surface area is 510 Å². The molecule has 82 heavy (non-hydrogen) atoms. The molecule has 0 heterocycles. The molecule has 0 spiro atoms. The van der Waals surface area contributed by atoms with Crippen LogP contribution < -0.4 is 0 Å². The fraction of sp³-hybridized carbons (Fsp3) is 0.803. The zero-order valence-electron chi connectivity index (χ0n) is 54.8. The first-order chi connectivity index (χ1) is 40.5. The monoisotopic (exact) mass is 1150 g/mol. The molecule has 1 unspecified atom stereocenters. The van der Waals surface area contributed by atoms with Crippen molar-refractivity contribution in [2.75, 3.05) is 13.2 Å². The second-order valence-electron chi connectivity index (χ2n) is 24.1. The summed E-state index contributed by atoms with van der Waals surface area (Å²) in [7, 11) is 0. The number of carbonyl (C=O) groups is 3. The Hall–Kier alpha value is -3.15. The molecule has 476 valence electrons. The lowest BCUT2D eigenvalue weighted by Crippen LogP contribution is -2.30. The Morgan fingerprint density at radius 3 is 0.744 bits per heavy atom. The summed E-state index contributed by atoms with van der Waals surface area (Å²) in [5.41, 5.74) is 0. The number of esters is 3. The lowest BCUT2D eigenvalue weighted by Gasteiger charge is -2.18. The smallest absolute Gasteiger partial charge is 0.306 e. The molecule has 0 aromatic carbocycles. The van der Waals surface area contributed by atoms with E-state index in [1.54, 1.807) is 0 Å². The summed E-state index contributed by atoms with van der Waals surface area (Å²) in [6, 6.07) is 0. The third-order valence-electron chi connectivity index (χ3n) is 16.0. The molecule has 0 amide bonds. The highest BCUT2D eigenvalue weighted by molar-refractivity contribution is 5.71. The predicted molar refractivity (Wildman–Crippen MR) is 358 cm³/mol. The number of rotatable bonds is 66. The first-order valence-electron chi connectivity index (χ1n) is 35.9. The van der Waals surface area contributed by atoms with Crippen LogP contribution in [0.2, 0.25) is 0 Å². The minimum atomic E-state index is -0.782. The molecule has 0 saturated carbocycles. The number of unbranched alkanes of at least 4 members (excludes halogenated alkanes) is 43. The first-order valence-corrected chi connectivity index (χ1v) is 35.9. The molecular formula is C76H136O6. The van der Waals surface area contributed by atoms with Crippen LogP contribution in [0.5, 0.6) is 0 Å². The zero-order valence-corrected chi connectivity index (χ0v) is 54.8. The highest BCUT2D eigenvalue weighted by Crippen LogP contribution is 2.18. The standard InChI is InChI=1S/C76H136O6/c1-4-7-10-13-16-19-22-24-26-28-30-32-34-36-37-38-39-41-42-44-46-48-50-52-54-57-60-63-66-69-75(78)81-72-73(71-80-74(77)68-65-62-59-56-21-18-15-12-9-6-3)82-76(79)70-67-64-61-58-55-53-51-49-47-45-43-40-35-33-31-29-27-25-23-20-17-14-11-8-5-2/h8,11,17,20,25,27,31,33,40,43,47,49,73H,4-7,9-10,12-16,18-19,21-24,26,28-30,32,34-39,41-42,44-46,48,50-72H2,1-3H3/b11-8-,20-17-,27-25-,33-31-,43-40-,49-47-. The zero-order chi connectivity index (χ0) is 59.2. The van der Waals surface area contributed by atoms with Crippen molar-refractivity contribution in [1.29, 1.82) is 0 Å². The van der Waals surface area contributed by atoms with Gasteiger partial charge >= 0.3 is 17.9 Å². The molecule has 0 N–H and O–H groups in total. The topological polar surface area (TPSA) is 78.9 Å². The van der Waals surface area contributed by atoms with Crippen LogP contribution in [-0.4, -0.2) is 37.2 Å². The van der Waals surface area contributed by atoms with E-state index in [1.807, 2.05) is 0 Å². The molecule has 0 fully saturated rings. The minimum absolute atomic E-state index is 0.0769. The highest BCUT2D eigenvalue weighted by Gasteiger charge is 2.19. The van der Waals surface area contributed by atoms with Crippen molar-refractivity contribution in [1.82, 2.24) is 0 Å². The Kier molecular flexibility index (Phi) is 67.6. The molecule has 0 rings (SSSR count). The molecule has 1 atom stereocenters. The van der Waals surface area contributed by atoms with Crippen LogP contribution in [0.1, 0.15) is 374 Å². The van der Waals surface area contributed by atoms with E-state index in [0.717, 1.165) is 109 Å². The molecule has 0 aromatic heterocycles. The van der Waals surface area contributed by atoms with Gasteiger partial charge in [-0.3, -0.25) is 14.4 Å². The molecule has 6 heteroatoms. The summed E-state index contributed by atoms with van der Waals surface area (Å²) in [5.74, 6) is -0.872. The van der Waals surface area contributed by atoms with Crippen molar-refractivity contribution < 1.29 is 28.6 Å². The van der Waals surface area contributed by atoms with E-state index in [9.17, 15) is 14.4 Å². The second kappa shape index (κ2) is 70.3. The number of carbonyl (C=O) groups excluding carboxylic acids is 3. The normalized spacial score (nSPS) is 12.5. The third-order valence-corrected chi connectivity index (χ3v) is 16.0. The number of hydrogen-bond acceptors (Lipinski definition) is 6. The van der Waals surface area contributed by atoms with Crippen LogP contribution in [0.25, 0.3) is 0 Å². The van der Waals surface area contributed by atoms with E-state index >= 15 is 0 Å². The van der Waals surface area contributed by atoms with Gasteiger partial charge in [-0.15, -0.1) is 0 Å². The fourth-order valence-corrected chi connectivity index (χ4v) is 10.6. The maximum absolute atomic E-state index is 12.9. The van der Waals surface area contributed by atoms with Gasteiger partial charge in [-0.1, -0.05) is 357 Å². The van der Waals surface area contributed by atoms with Gasteiger partial charge in [-0.05, 0) is 70.6 Å². The van der Waals surface area contributed by atoms with Crippen LogP contribution in [0.15, 0.2) is 72.9 Å². The predicted octanol–water partition coefficient (Wildman–Crippen LogP) is 24.8. The highest BCUT2D eigenvalue weighted by atomic mass is 16.6. The SMILES string of the molecule is CC/C=C\C/C=C\C/C=C\C/C=C\C/C=C\C/C=C\CCCCCCCCC(=O)OC(COC(=O)CCCCCCCCCCCC)COC(=O)CCCCCCCCCCCCCCCCCCCCCCCCCCCCCCC. The summed E-state index contributed by atoms with van der Waals surface area (Å²) in [5, 5.41) is 0. The lowest BCUT2D eigenvalue weighted by molar-refractivity contribution is -0.167.